The van der Waals surface area contributed by atoms with E-state index in [2.05, 4.69) is 41.4 Å². The van der Waals surface area contributed by atoms with Gasteiger partial charge in [-0.05, 0) is 34.1 Å². The lowest BCUT2D eigenvalue weighted by molar-refractivity contribution is -0.176. The summed E-state index contributed by atoms with van der Waals surface area (Å²) < 4.78 is 10.8. The molecule has 1 heterocycles. The molecule has 3 unspecified atom stereocenters. The van der Waals surface area contributed by atoms with Gasteiger partial charge >= 0.3 is 5.97 Å². The molecule has 0 radical (unpaired) electrons. The zero-order valence-electron chi connectivity index (χ0n) is 17.6. The highest BCUT2D eigenvalue weighted by molar-refractivity contribution is 7.13. The third-order valence-corrected chi connectivity index (χ3v) is 7.13. The number of carbonyl (C=O) groups is 1. The van der Waals surface area contributed by atoms with Gasteiger partial charge in [0.15, 0.2) is 5.96 Å². The van der Waals surface area contributed by atoms with Crippen LogP contribution in [0.3, 0.4) is 0 Å². The number of nitrogens with zero attached hydrogens (tertiary/aromatic N) is 2. The number of carbonyl (C=O) groups excluding carboxylic acids is 1. The lowest BCUT2D eigenvalue weighted by Crippen LogP contribution is -2.69. The Morgan fingerprint density at radius 3 is 2.63 bits per heavy atom. The highest BCUT2D eigenvalue weighted by atomic mass is 32.1. The average molecular weight is 397 g/mol. The second-order valence-electron chi connectivity index (χ2n) is 7.68. The molecule has 0 amide bonds. The van der Waals surface area contributed by atoms with Crippen LogP contribution in [0.1, 0.15) is 67.5 Å². The van der Waals surface area contributed by atoms with E-state index in [9.17, 15) is 4.79 Å². The van der Waals surface area contributed by atoms with Gasteiger partial charge < -0.3 is 20.1 Å². The van der Waals surface area contributed by atoms with Crippen molar-refractivity contribution in [1.82, 2.24) is 15.6 Å². The summed E-state index contributed by atoms with van der Waals surface area (Å²) in [4.78, 5) is 21.4. The van der Waals surface area contributed by atoms with Crippen LogP contribution in [-0.4, -0.2) is 49.3 Å². The number of guanidine groups is 1. The van der Waals surface area contributed by atoms with Gasteiger partial charge in [-0.15, -0.1) is 11.3 Å². The maximum absolute atomic E-state index is 12.0. The summed E-state index contributed by atoms with van der Waals surface area (Å²) in [5.41, 5.74) is 0.536. The van der Waals surface area contributed by atoms with Gasteiger partial charge in [-0.25, -0.2) is 9.78 Å². The Morgan fingerprint density at radius 2 is 2.11 bits per heavy atom. The van der Waals surface area contributed by atoms with E-state index in [1.165, 1.54) is 11.3 Å². The van der Waals surface area contributed by atoms with Crippen molar-refractivity contribution >= 4 is 23.3 Å². The summed E-state index contributed by atoms with van der Waals surface area (Å²) in [6, 6.07) is 0.175. The number of hydrogen-bond acceptors (Lipinski definition) is 6. The number of aliphatic imine (C=N–C) groups is 1. The Bertz CT molecular complexity index is 716. The topological polar surface area (TPSA) is 84.8 Å². The SMILES string of the molecule is CCOC(=O)c1sc(C(C)NC(=NC)NC2CC(C)(OC)C2(C)C)nc1C. The van der Waals surface area contributed by atoms with Crippen molar-refractivity contribution in [3.63, 3.8) is 0 Å². The molecule has 1 saturated carbocycles. The molecule has 0 aliphatic heterocycles. The zero-order chi connectivity index (χ0) is 20.4. The van der Waals surface area contributed by atoms with E-state index >= 15 is 0 Å². The number of thiazole rings is 1. The molecule has 1 aliphatic carbocycles. The minimum absolute atomic E-state index is 0.0164. The van der Waals surface area contributed by atoms with E-state index < -0.39 is 0 Å². The summed E-state index contributed by atoms with van der Waals surface area (Å²) in [5.74, 6) is 0.396. The molecule has 2 rings (SSSR count). The van der Waals surface area contributed by atoms with Crippen LogP contribution in [0.5, 0.6) is 0 Å². The van der Waals surface area contributed by atoms with Crippen LogP contribution < -0.4 is 10.6 Å². The number of esters is 1. The van der Waals surface area contributed by atoms with Gasteiger partial charge in [-0.3, -0.25) is 4.99 Å². The first-order valence-corrected chi connectivity index (χ1v) is 10.1. The number of hydrogen-bond donors (Lipinski definition) is 2. The standard InChI is InChI=1S/C19H32N4O3S/c1-9-26-16(24)14-11(2)21-15(27-14)12(3)22-17(20-7)23-13-10-19(6,25-8)18(13,4)5/h12-13H,9-10H2,1-8H3,(H2,20,22,23). The maximum atomic E-state index is 12.0. The van der Waals surface area contributed by atoms with Gasteiger partial charge in [-0.1, -0.05) is 13.8 Å². The normalized spacial score (nSPS) is 25.5. The van der Waals surface area contributed by atoms with Crippen molar-refractivity contribution in [2.24, 2.45) is 10.4 Å². The van der Waals surface area contributed by atoms with Crippen molar-refractivity contribution in [1.29, 1.82) is 0 Å². The Hall–Kier alpha value is -1.67. The first-order chi connectivity index (χ1) is 12.6. The van der Waals surface area contributed by atoms with E-state index in [1.54, 1.807) is 21.1 Å². The molecule has 1 aliphatic rings. The molecule has 27 heavy (non-hydrogen) atoms. The molecule has 0 spiro atoms. The fraction of sp³-hybridized carbons (Fsp3) is 0.737. The van der Waals surface area contributed by atoms with Crippen LogP contribution in [0.25, 0.3) is 0 Å². The molecule has 1 aromatic rings. The fourth-order valence-corrected chi connectivity index (χ4v) is 4.28. The van der Waals surface area contributed by atoms with Crippen LogP contribution >= 0.6 is 11.3 Å². The first-order valence-electron chi connectivity index (χ1n) is 9.29. The lowest BCUT2D eigenvalue weighted by Gasteiger charge is -2.59. The molecule has 8 heteroatoms. The van der Waals surface area contributed by atoms with Gasteiger partial charge in [0, 0.05) is 25.6 Å². The smallest absolute Gasteiger partial charge is 0.350 e. The van der Waals surface area contributed by atoms with Gasteiger partial charge in [0.1, 0.15) is 9.88 Å². The predicted octanol–water partition coefficient (Wildman–Crippen LogP) is 3.06. The Kier molecular flexibility index (Phi) is 6.52. The molecule has 3 atom stereocenters. The molecule has 0 aromatic carbocycles. The summed E-state index contributed by atoms with van der Waals surface area (Å²) in [6.07, 6.45) is 0.912. The number of rotatable bonds is 6. The van der Waals surface area contributed by atoms with Gasteiger partial charge in [0.05, 0.1) is 23.9 Å². The van der Waals surface area contributed by atoms with E-state index in [0.717, 1.165) is 11.4 Å². The van der Waals surface area contributed by atoms with Crippen molar-refractivity contribution in [3.05, 3.63) is 15.6 Å². The number of ether oxygens (including phenoxy) is 2. The van der Waals surface area contributed by atoms with Crippen LogP contribution in [0.15, 0.2) is 4.99 Å². The molecule has 2 N–H and O–H groups in total. The number of aryl methyl sites for hydroxylation is 1. The van der Waals surface area contributed by atoms with E-state index in [1.807, 2.05) is 13.8 Å². The fourth-order valence-electron chi connectivity index (χ4n) is 3.31. The summed E-state index contributed by atoms with van der Waals surface area (Å²) >= 11 is 1.36. The molecule has 0 saturated heterocycles. The van der Waals surface area contributed by atoms with Crippen molar-refractivity contribution < 1.29 is 14.3 Å². The molecular weight excluding hydrogens is 364 g/mol. The Labute approximate surface area is 166 Å². The quantitative estimate of drug-likeness (QED) is 0.437. The van der Waals surface area contributed by atoms with Gasteiger partial charge in [-0.2, -0.15) is 0 Å². The molecular formula is C19H32N4O3S. The van der Waals surface area contributed by atoms with E-state index in [0.29, 0.717) is 23.1 Å². The average Bonchev–Trinajstić information content (AvgIpc) is 3.02. The van der Waals surface area contributed by atoms with Crippen molar-refractivity contribution in [2.75, 3.05) is 20.8 Å². The molecule has 1 aromatic heterocycles. The highest BCUT2D eigenvalue weighted by Gasteiger charge is 2.58. The summed E-state index contributed by atoms with van der Waals surface area (Å²) in [6.45, 7) is 12.5. The maximum Gasteiger partial charge on any atom is 0.350 e. The van der Waals surface area contributed by atoms with E-state index in [-0.39, 0.29) is 29.1 Å². The molecule has 152 valence electrons. The largest absolute Gasteiger partial charge is 0.462 e. The van der Waals surface area contributed by atoms with Gasteiger partial charge in [0.2, 0.25) is 0 Å². The second-order valence-corrected chi connectivity index (χ2v) is 8.71. The summed E-state index contributed by atoms with van der Waals surface area (Å²) in [7, 11) is 3.51. The third-order valence-electron chi connectivity index (χ3n) is 5.81. The predicted molar refractivity (Wildman–Crippen MR) is 108 cm³/mol. The Morgan fingerprint density at radius 1 is 1.44 bits per heavy atom. The van der Waals surface area contributed by atoms with Crippen molar-refractivity contribution in [3.8, 4) is 0 Å². The minimum Gasteiger partial charge on any atom is -0.462 e. The third kappa shape index (κ3) is 4.11. The molecule has 0 bridgehead atoms. The van der Waals surface area contributed by atoms with Crippen LogP contribution in [-0.2, 0) is 9.47 Å². The zero-order valence-corrected chi connectivity index (χ0v) is 18.4. The summed E-state index contributed by atoms with van der Waals surface area (Å²) in [5, 5.41) is 7.69. The molecule has 1 fully saturated rings. The first kappa shape index (κ1) is 21.6. The van der Waals surface area contributed by atoms with Gasteiger partial charge in [0.25, 0.3) is 0 Å². The number of aromatic nitrogens is 1. The van der Waals surface area contributed by atoms with Crippen LogP contribution in [0.2, 0.25) is 0 Å². The van der Waals surface area contributed by atoms with Crippen LogP contribution in [0.4, 0.5) is 0 Å². The number of nitrogens with one attached hydrogen (secondary N) is 2. The second kappa shape index (κ2) is 8.14. The minimum atomic E-state index is -0.316. The van der Waals surface area contributed by atoms with Crippen molar-refractivity contribution in [2.45, 2.75) is 65.6 Å². The lowest BCUT2D eigenvalue weighted by atomic mass is 9.56. The monoisotopic (exact) mass is 396 g/mol. The molecule has 7 nitrogen and oxygen atoms in total. The highest BCUT2D eigenvalue weighted by Crippen LogP contribution is 2.51. The number of methoxy groups -OCH3 is 1. The van der Waals surface area contributed by atoms with E-state index in [4.69, 9.17) is 9.47 Å². The Balaban J connectivity index is 2.03. The van der Waals surface area contributed by atoms with Crippen LogP contribution in [0, 0.1) is 12.3 Å².